The van der Waals surface area contributed by atoms with Gasteiger partial charge in [-0.25, -0.2) is 0 Å². The van der Waals surface area contributed by atoms with Crippen molar-refractivity contribution in [3.05, 3.63) is 15.9 Å². The maximum absolute atomic E-state index is 4.51. The SMILES string of the molecule is CCCC(C)(C)NCc1c(Br)c(C)nn1CC. The number of aromatic nitrogens is 2. The zero-order chi connectivity index (χ0) is 13.1. The molecule has 0 fully saturated rings. The number of hydrogen-bond donors (Lipinski definition) is 1. The van der Waals surface area contributed by atoms with E-state index in [4.69, 9.17) is 0 Å². The molecule has 3 nitrogen and oxygen atoms in total. The molecule has 0 spiro atoms. The van der Waals surface area contributed by atoms with Crippen LogP contribution in [0.25, 0.3) is 0 Å². The molecule has 4 heteroatoms. The zero-order valence-corrected chi connectivity index (χ0v) is 13.2. The topological polar surface area (TPSA) is 29.9 Å². The van der Waals surface area contributed by atoms with Gasteiger partial charge in [-0.2, -0.15) is 5.10 Å². The number of nitrogens with one attached hydrogen (secondary N) is 1. The summed E-state index contributed by atoms with van der Waals surface area (Å²) >= 11 is 3.63. The molecule has 1 aromatic heterocycles. The van der Waals surface area contributed by atoms with Crippen molar-refractivity contribution in [1.82, 2.24) is 15.1 Å². The Kier molecular flexibility index (Phi) is 5.20. The van der Waals surface area contributed by atoms with Crippen LogP contribution in [0, 0.1) is 6.92 Å². The number of hydrogen-bond acceptors (Lipinski definition) is 2. The van der Waals surface area contributed by atoms with Crippen LogP contribution in [0.5, 0.6) is 0 Å². The van der Waals surface area contributed by atoms with Crippen molar-refractivity contribution in [3.63, 3.8) is 0 Å². The number of halogens is 1. The normalized spacial score (nSPS) is 12.1. The number of nitrogens with zero attached hydrogens (tertiary/aromatic N) is 2. The van der Waals surface area contributed by atoms with E-state index in [1.807, 2.05) is 6.92 Å². The molecule has 0 saturated carbocycles. The summed E-state index contributed by atoms with van der Waals surface area (Å²) in [5.74, 6) is 0. The average Bonchev–Trinajstić information content (AvgIpc) is 2.52. The van der Waals surface area contributed by atoms with E-state index in [2.05, 4.69) is 58.7 Å². The highest BCUT2D eigenvalue weighted by Crippen LogP contribution is 2.22. The third-order valence-corrected chi connectivity index (χ3v) is 4.09. The van der Waals surface area contributed by atoms with Gasteiger partial charge in [0.05, 0.1) is 15.9 Å². The number of rotatable bonds is 6. The molecule has 17 heavy (non-hydrogen) atoms. The molecular weight excluding hydrogens is 278 g/mol. The van der Waals surface area contributed by atoms with Gasteiger partial charge >= 0.3 is 0 Å². The van der Waals surface area contributed by atoms with Crippen LogP contribution in [-0.2, 0) is 13.1 Å². The lowest BCUT2D eigenvalue weighted by Gasteiger charge is -2.26. The second-order valence-corrected chi connectivity index (χ2v) is 5.94. The van der Waals surface area contributed by atoms with Crippen LogP contribution in [0.2, 0.25) is 0 Å². The lowest BCUT2D eigenvalue weighted by atomic mass is 9.99. The van der Waals surface area contributed by atoms with Gasteiger partial charge in [-0.1, -0.05) is 13.3 Å². The Morgan fingerprint density at radius 1 is 1.35 bits per heavy atom. The van der Waals surface area contributed by atoms with Gasteiger partial charge in [0.1, 0.15) is 0 Å². The van der Waals surface area contributed by atoms with Gasteiger partial charge in [0, 0.05) is 18.6 Å². The summed E-state index contributed by atoms with van der Waals surface area (Å²) in [6, 6.07) is 0. The average molecular weight is 302 g/mol. The highest BCUT2D eigenvalue weighted by atomic mass is 79.9. The Morgan fingerprint density at radius 2 is 2.00 bits per heavy atom. The van der Waals surface area contributed by atoms with E-state index in [-0.39, 0.29) is 5.54 Å². The fourth-order valence-electron chi connectivity index (χ4n) is 2.07. The third kappa shape index (κ3) is 3.81. The van der Waals surface area contributed by atoms with Crippen molar-refractivity contribution in [2.75, 3.05) is 0 Å². The van der Waals surface area contributed by atoms with Crippen molar-refractivity contribution >= 4 is 15.9 Å². The molecule has 1 rings (SSSR count). The summed E-state index contributed by atoms with van der Waals surface area (Å²) in [7, 11) is 0. The lowest BCUT2D eigenvalue weighted by Crippen LogP contribution is -2.39. The van der Waals surface area contributed by atoms with Crippen molar-refractivity contribution < 1.29 is 0 Å². The molecule has 0 aliphatic rings. The van der Waals surface area contributed by atoms with Crippen molar-refractivity contribution in [2.24, 2.45) is 0 Å². The maximum atomic E-state index is 4.51. The predicted octanol–water partition coefficient (Wildman–Crippen LogP) is 3.64. The smallest absolute Gasteiger partial charge is 0.0739 e. The van der Waals surface area contributed by atoms with Crippen molar-refractivity contribution in [2.45, 2.75) is 66.1 Å². The van der Waals surface area contributed by atoms with Crippen molar-refractivity contribution in [1.29, 1.82) is 0 Å². The largest absolute Gasteiger partial charge is 0.306 e. The minimum atomic E-state index is 0.185. The van der Waals surface area contributed by atoms with Crippen LogP contribution in [0.3, 0.4) is 0 Å². The molecule has 1 aromatic rings. The first-order valence-corrected chi connectivity index (χ1v) is 7.17. The number of aryl methyl sites for hydroxylation is 2. The summed E-state index contributed by atoms with van der Waals surface area (Å²) < 4.78 is 3.20. The van der Waals surface area contributed by atoms with Crippen LogP contribution in [0.4, 0.5) is 0 Å². The first-order chi connectivity index (χ1) is 7.91. The first kappa shape index (κ1) is 14.7. The highest BCUT2D eigenvalue weighted by molar-refractivity contribution is 9.10. The highest BCUT2D eigenvalue weighted by Gasteiger charge is 2.18. The predicted molar refractivity (Wildman–Crippen MR) is 76.2 cm³/mol. The molecule has 0 aliphatic carbocycles. The quantitative estimate of drug-likeness (QED) is 0.869. The Labute approximate surface area is 113 Å². The van der Waals surface area contributed by atoms with Crippen LogP contribution in [0.1, 0.15) is 51.9 Å². The van der Waals surface area contributed by atoms with Gasteiger partial charge in [-0.05, 0) is 50.0 Å². The monoisotopic (exact) mass is 301 g/mol. The second-order valence-electron chi connectivity index (χ2n) is 5.15. The molecular formula is C13H24BrN3. The van der Waals surface area contributed by atoms with E-state index in [0.717, 1.165) is 23.3 Å². The first-order valence-electron chi connectivity index (χ1n) is 6.38. The molecule has 98 valence electrons. The Morgan fingerprint density at radius 3 is 2.53 bits per heavy atom. The van der Waals surface area contributed by atoms with Gasteiger partial charge < -0.3 is 5.32 Å². The van der Waals surface area contributed by atoms with Crippen LogP contribution >= 0.6 is 15.9 Å². The van der Waals surface area contributed by atoms with E-state index < -0.39 is 0 Å². The summed E-state index contributed by atoms with van der Waals surface area (Å²) in [5.41, 5.74) is 2.50. The second kappa shape index (κ2) is 6.01. The molecule has 1 heterocycles. The van der Waals surface area contributed by atoms with E-state index in [9.17, 15) is 0 Å². The van der Waals surface area contributed by atoms with Gasteiger partial charge in [-0.15, -0.1) is 0 Å². The summed E-state index contributed by atoms with van der Waals surface area (Å²) in [4.78, 5) is 0. The summed E-state index contributed by atoms with van der Waals surface area (Å²) in [6.07, 6.45) is 2.39. The minimum Gasteiger partial charge on any atom is -0.306 e. The fourth-order valence-corrected chi connectivity index (χ4v) is 2.50. The fraction of sp³-hybridized carbons (Fsp3) is 0.769. The van der Waals surface area contributed by atoms with Crippen LogP contribution in [0.15, 0.2) is 4.47 Å². The molecule has 0 aliphatic heterocycles. The van der Waals surface area contributed by atoms with Crippen LogP contribution < -0.4 is 5.32 Å². The van der Waals surface area contributed by atoms with Crippen molar-refractivity contribution in [3.8, 4) is 0 Å². The standard InChI is InChI=1S/C13H24BrN3/c1-6-8-13(4,5)15-9-11-12(14)10(3)16-17(11)7-2/h15H,6-9H2,1-5H3. The van der Waals surface area contributed by atoms with E-state index in [1.54, 1.807) is 0 Å². The summed E-state index contributed by atoms with van der Waals surface area (Å²) in [6.45, 7) is 12.7. The van der Waals surface area contributed by atoms with E-state index in [0.29, 0.717) is 0 Å². The minimum absolute atomic E-state index is 0.185. The molecule has 0 saturated heterocycles. The molecule has 0 radical (unpaired) electrons. The molecule has 0 unspecified atom stereocenters. The Hall–Kier alpha value is -0.350. The van der Waals surface area contributed by atoms with E-state index in [1.165, 1.54) is 18.5 Å². The van der Waals surface area contributed by atoms with Gasteiger partial charge in [0.15, 0.2) is 0 Å². The van der Waals surface area contributed by atoms with Gasteiger partial charge in [0.25, 0.3) is 0 Å². The lowest BCUT2D eigenvalue weighted by molar-refractivity contribution is 0.350. The van der Waals surface area contributed by atoms with Gasteiger partial charge in [-0.3, -0.25) is 4.68 Å². The molecule has 0 aromatic carbocycles. The maximum Gasteiger partial charge on any atom is 0.0739 e. The Bertz CT molecular complexity index is 369. The molecule has 0 atom stereocenters. The zero-order valence-electron chi connectivity index (χ0n) is 11.6. The van der Waals surface area contributed by atoms with Gasteiger partial charge in [0.2, 0.25) is 0 Å². The Balaban J connectivity index is 2.75. The van der Waals surface area contributed by atoms with Crippen LogP contribution in [-0.4, -0.2) is 15.3 Å². The summed E-state index contributed by atoms with van der Waals surface area (Å²) in [5, 5.41) is 8.12. The third-order valence-electron chi connectivity index (χ3n) is 3.06. The molecule has 0 bridgehead atoms. The molecule has 0 amide bonds. The van der Waals surface area contributed by atoms with E-state index >= 15 is 0 Å². The molecule has 1 N–H and O–H groups in total.